The first-order valence-electron chi connectivity index (χ1n) is 10.2. The lowest BCUT2D eigenvalue weighted by Crippen LogP contribution is -2.30. The van der Waals surface area contributed by atoms with Crippen LogP contribution in [0.1, 0.15) is 32.3 Å². The van der Waals surface area contributed by atoms with Gasteiger partial charge in [0, 0.05) is 30.6 Å². The summed E-state index contributed by atoms with van der Waals surface area (Å²) in [6.45, 7) is 6.60. The van der Waals surface area contributed by atoms with Crippen LogP contribution in [0.15, 0.2) is 41.5 Å². The smallest absolute Gasteiger partial charge is 0.213 e. The maximum atomic E-state index is 5.68. The predicted molar refractivity (Wildman–Crippen MR) is 115 cm³/mol. The maximum absolute atomic E-state index is 5.68. The molecule has 0 saturated heterocycles. The minimum absolute atomic E-state index is 0.513. The molecule has 1 saturated carbocycles. The first-order chi connectivity index (χ1) is 14.2. The normalized spacial score (nSPS) is 13.7. The van der Waals surface area contributed by atoms with Gasteiger partial charge >= 0.3 is 0 Å². The van der Waals surface area contributed by atoms with Crippen molar-refractivity contribution in [3.8, 4) is 17.4 Å². The number of nitrogens with one attached hydrogen (secondary N) is 2. The third-order valence-corrected chi connectivity index (χ3v) is 4.45. The standard InChI is InChI=1S/C22H30N4O3/c1-4-23-22(26-18-9-10-19(28-5-2)20(12-18)27-3)25-14-17-8-11-21(24-13-17)29-15-16-6-7-16/h8-13,16H,4-7,14-15H2,1-3H3,(H2,23,25,26). The average molecular weight is 399 g/mol. The molecule has 0 amide bonds. The van der Waals surface area contributed by atoms with Crippen LogP contribution in [0, 0.1) is 5.92 Å². The summed E-state index contributed by atoms with van der Waals surface area (Å²) < 4.78 is 16.7. The van der Waals surface area contributed by atoms with Crippen LogP contribution >= 0.6 is 0 Å². The van der Waals surface area contributed by atoms with E-state index < -0.39 is 0 Å². The highest BCUT2D eigenvalue weighted by molar-refractivity contribution is 5.93. The number of aromatic nitrogens is 1. The fraction of sp³-hybridized carbons (Fsp3) is 0.455. The van der Waals surface area contributed by atoms with Gasteiger partial charge < -0.3 is 24.8 Å². The van der Waals surface area contributed by atoms with Crippen molar-refractivity contribution >= 4 is 11.6 Å². The number of hydrogen-bond donors (Lipinski definition) is 2. The summed E-state index contributed by atoms with van der Waals surface area (Å²) in [5.74, 6) is 3.48. The van der Waals surface area contributed by atoms with E-state index in [4.69, 9.17) is 14.2 Å². The van der Waals surface area contributed by atoms with E-state index in [1.54, 1.807) is 7.11 Å². The highest BCUT2D eigenvalue weighted by Gasteiger charge is 2.22. The number of aliphatic imine (C=N–C) groups is 1. The van der Waals surface area contributed by atoms with E-state index in [0.29, 0.717) is 30.7 Å². The number of guanidine groups is 1. The molecule has 1 heterocycles. The van der Waals surface area contributed by atoms with Crippen molar-refractivity contribution in [3.05, 3.63) is 42.1 Å². The van der Waals surface area contributed by atoms with Gasteiger partial charge in [0.25, 0.3) is 0 Å². The van der Waals surface area contributed by atoms with Gasteiger partial charge in [0.2, 0.25) is 5.88 Å². The number of hydrogen-bond acceptors (Lipinski definition) is 5. The zero-order valence-corrected chi connectivity index (χ0v) is 17.4. The third kappa shape index (κ3) is 6.55. The molecule has 0 aliphatic heterocycles. The molecule has 1 fully saturated rings. The van der Waals surface area contributed by atoms with Crippen LogP contribution in [-0.2, 0) is 6.54 Å². The Morgan fingerprint density at radius 2 is 2.00 bits per heavy atom. The fourth-order valence-electron chi connectivity index (χ4n) is 2.71. The summed E-state index contributed by atoms with van der Waals surface area (Å²) in [5.41, 5.74) is 1.89. The van der Waals surface area contributed by atoms with Crippen LogP contribution in [0.2, 0.25) is 0 Å². The lowest BCUT2D eigenvalue weighted by Gasteiger charge is -2.14. The molecule has 1 aromatic carbocycles. The molecule has 1 aromatic heterocycles. The summed E-state index contributed by atoms with van der Waals surface area (Å²) in [4.78, 5) is 9.02. The van der Waals surface area contributed by atoms with E-state index in [-0.39, 0.29) is 0 Å². The van der Waals surface area contributed by atoms with Crippen molar-refractivity contribution in [2.24, 2.45) is 10.9 Å². The van der Waals surface area contributed by atoms with Crippen molar-refractivity contribution in [1.29, 1.82) is 0 Å². The Bertz CT molecular complexity index is 804. The lowest BCUT2D eigenvalue weighted by atomic mass is 10.2. The quantitative estimate of drug-likeness (QED) is 0.468. The van der Waals surface area contributed by atoms with Gasteiger partial charge in [0.05, 0.1) is 26.9 Å². The van der Waals surface area contributed by atoms with Gasteiger partial charge in [-0.25, -0.2) is 9.98 Å². The number of nitrogens with zero attached hydrogens (tertiary/aromatic N) is 2. The van der Waals surface area contributed by atoms with Crippen LogP contribution in [0.4, 0.5) is 5.69 Å². The van der Waals surface area contributed by atoms with Crippen molar-refractivity contribution in [2.45, 2.75) is 33.2 Å². The van der Waals surface area contributed by atoms with Crippen molar-refractivity contribution in [2.75, 3.05) is 32.2 Å². The second-order valence-corrected chi connectivity index (χ2v) is 6.88. The van der Waals surface area contributed by atoms with E-state index in [2.05, 4.69) is 20.6 Å². The summed E-state index contributed by atoms with van der Waals surface area (Å²) >= 11 is 0. The van der Waals surface area contributed by atoms with Crippen LogP contribution < -0.4 is 24.8 Å². The van der Waals surface area contributed by atoms with E-state index >= 15 is 0 Å². The first kappa shape index (κ1) is 20.8. The minimum atomic E-state index is 0.513. The van der Waals surface area contributed by atoms with Crippen molar-refractivity contribution < 1.29 is 14.2 Å². The monoisotopic (exact) mass is 398 g/mol. The van der Waals surface area contributed by atoms with E-state index in [1.807, 2.05) is 50.4 Å². The number of methoxy groups -OCH3 is 1. The predicted octanol–water partition coefficient (Wildman–Crippen LogP) is 3.86. The molecule has 0 atom stereocenters. The third-order valence-electron chi connectivity index (χ3n) is 4.45. The Hall–Kier alpha value is -2.96. The molecule has 1 aliphatic carbocycles. The summed E-state index contributed by atoms with van der Waals surface area (Å²) in [7, 11) is 1.63. The van der Waals surface area contributed by atoms with E-state index in [9.17, 15) is 0 Å². The van der Waals surface area contributed by atoms with Crippen LogP contribution in [0.3, 0.4) is 0 Å². The molecule has 7 nitrogen and oxygen atoms in total. The molecule has 29 heavy (non-hydrogen) atoms. The molecule has 0 bridgehead atoms. The Kier molecular flexibility index (Phi) is 7.55. The summed E-state index contributed by atoms with van der Waals surface area (Å²) in [6.07, 6.45) is 4.36. The lowest BCUT2D eigenvalue weighted by molar-refractivity contribution is 0.288. The molecular weight excluding hydrogens is 368 g/mol. The molecular formula is C22H30N4O3. The van der Waals surface area contributed by atoms with Crippen molar-refractivity contribution in [3.63, 3.8) is 0 Å². The Morgan fingerprint density at radius 1 is 1.14 bits per heavy atom. The molecule has 156 valence electrons. The number of ether oxygens (including phenoxy) is 3. The van der Waals surface area contributed by atoms with Gasteiger partial charge in [0.1, 0.15) is 0 Å². The fourth-order valence-corrected chi connectivity index (χ4v) is 2.71. The van der Waals surface area contributed by atoms with E-state index in [0.717, 1.165) is 36.1 Å². The number of pyridine rings is 1. The molecule has 1 aliphatic rings. The van der Waals surface area contributed by atoms with Crippen LogP contribution in [0.5, 0.6) is 17.4 Å². The SMILES string of the molecule is CCNC(=NCc1ccc(OCC2CC2)nc1)Nc1ccc(OCC)c(OC)c1. The molecule has 2 aromatic rings. The summed E-state index contributed by atoms with van der Waals surface area (Å²) in [6, 6.07) is 9.63. The zero-order chi connectivity index (χ0) is 20.5. The highest BCUT2D eigenvalue weighted by atomic mass is 16.5. The molecule has 7 heteroatoms. The second-order valence-electron chi connectivity index (χ2n) is 6.88. The maximum Gasteiger partial charge on any atom is 0.213 e. The van der Waals surface area contributed by atoms with Crippen molar-refractivity contribution in [1.82, 2.24) is 10.3 Å². The topological polar surface area (TPSA) is 77.0 Å². The molecule has 2 N–H and O–H groups in total. The first-order valence-corrected chi connectivity index (χ1v) is 10.2. The molecule has 0 radical (unpaired) electrons. The van der Waals surface area contributed by atoms with Gasteiger partial charge in [-0.3, -0.25) is 0 Å². The second kappa shape index (κ2) is 10.5. The minimum Gasteiger partial charge on any atom is -0.493 e. The van der Waals surface area contributed by atoms with Gasteiger partial charge in [0.15, 0.2) is 17.5 Å². The molecule has 3 rings (SSSR count). The molecule has 0 spiro atoms. The van der Waals surface area contributed by atoms with Gasteiger partial charge in [-0.1, -0.05) is 6.07 Å². The van der Waals surface area contributed by atoms with Gasteiger partial charge in [-0.2, -0.15) is 0 Å². The average Bonchev–Trinajstić information content (AvgIpc) is 3.57. The highest BCUT2D eigenvalue weighted by Crippen LogP contribution is 2.30. The summed E-state index contributed by atoms with van der Waals surface area (Å²) in [5, 5.41) is 6.55. The number of rotatable bonds is 10. The van der Waals surface area contributed by atoms with Crippen LogP contribution in [-0.4, -0.2) is 37.8 Å². The van der Waals surface area contributed by atoms with E-state index in [1.165, 1.54) is 12.8 Å². The Balaban J connectivity index is 1.61. The Labute approximate surface area is 172 Å². The molecule has 0 unspecified atom stereocenters. The van der Waals surface area contributed by atoms with Gasteiger partial charge in [-0.05, 0) is 50.3 Å². The zero-order valence-electron chi connectivity index (χ0n) is 17.4. The van der Waals surface area contributed by atoms with Gasteiger partial charge in [-0.15, -0.1) is 0 Å². The Morgan fingerprint density at radius 3 is 2.66 bits per heavy atom. The number of benzene rings is 1. The number of anilines is 1. The van der Waals surface area contributed by atoms with Crippen LogP contribution in [0.25, 0.3) is 0 Å². The largest absolute Gasteiger partial charge is 0.493 e.